The molecule has 2 amide bonds. The summed E-state index contributed by atoms with van der Waals surface area (Å²) in [5, 5.41) is 2.10. The number of hydrogen-bond acceptors (Lipinski definition) is 3. The van der Waals surface area contributed by atoms with Crippen LogP contribution in [-0.2, 0) is 16.0 Å². The lowest BCUT2D eigenvalue weighted by Crippen LogP contribution is -2.46. The maximum absolute atomic E-state index is 13.1. The van der Waals surface area contributed by atoms with E-state index < -0.39 is 0 Å². The second kappa shape index (κ2) is 7.87. The Bertz CT molecular complexity index is 810. The van der Waals surface area contributed by atoms with Crippen molar-refractivity contribution in [3.8, 4) is 0 Å². The van der Waals surface area contributed by atoms with Crippen molar-refractivity contribution >= 4 is 23.2 Å². The van der Waals surface area contributed by atoms with E-state index in [1.807, 2.05) is 4.90 Å². The summed E-state index contributed by atoms with van der Waals surface area (Å²) in [6.45, 7) is 8.37. The van der Waals surface area contributed by atoms with Crippen LogP contribution in [-0.4, -0.2) is 41.2 Å². The minimum atomic E-state index is -0.113. The predicted molar refractivity (Wildman–Crippen MR) is 105 cm³/mol. The first-order chi connectivity index (χ1) is 12.5. The first kappa shape index (κ1) is 18.4. The van der Waals surface area contributed by atoms with Gasteiger partial charge in [0.25, 0.3) is 0 Å². The van der Waals surface area contributed by atoms with Gasteiger partial charge in [0.1, 0.15) is 6.54 Å². The molecular weight excluding hydrogens is 344 g/mol. The highest BCUT2D eigenvalue weighted by molar-refractivity contribution is 7.10. The van der Waals surface area contributed by atoms with Crippen molar-refractivity contribution in [2.45, 2.75) is 26.3 Å². The summed E-state index contributed by atoms with van der Waals surface area (Å²) in [4.78, 5) is 29.7. The van der Waals surface area contributed by atoms with Gasteiger partial charge >= 0.3 is 0 Å². The monoisotopic (exact) mass is 368 g/mol. The fourth-order valence-corrected chi connectivity index (χ4v) is 4.31. The van der Waals surface area contributed by atoms with Gasteiger partial charge in [-0.05, 0) is 35.9 Å². The van der Waals surface area contributed by atoms with Crippen LogP contribution in [0.15, 0.2) is 48.4 Å². The third-order valence-electron chi connectivity index (χ3n) is 4.80. The second-order valence-corrected chi connectivity index (χ2v) is 7.64. The third-order valence-corrected chi connectivity index (χ3v) is 5.80. The fourth-order valence-electron chi connectivity index (χ4n) is 3.41. The van der Waals surface area contributed by atoms with Crippen LogP contribution in [0, 0.1) is 6.92 Å². The highest BCUT2D eigenvalue weighted by Crippen LogP contribution is 2.37. The van der Waals surface area contributed by atoms with Gasteiger partial charge in [0.2, 0.25) is 11.8 Å². The Morgan fingerprint density at radius 2 is 2.04 bits per heavy atom. The fraction of sp³-hybridized carbons (Fsp3) is 0.333. The molecule has 136 valence electrons. The summed E-state index contributed by atoms with van der Waals surface area (Å²) in [6, 6.07) is 10.4. The summed E-state index contributed by atoms with van der Waals surface area (Å²) in [5.41, 5.74) is 3.51. The van der Waals surface area contributed by atoms with E-state index in [0.29, 0.717) is 13.1 Å². The number of nitrogens with zero attached hydrogens (tertiary/aromatic N) is 2. The molecule has 5 heteroatoms. The number of fused-ring (bicyclic) bond motifs is 1. The smallest absolute Gasteiger partial charge is 0.243 e. The average Bonchev–Trinajstić information content (AvgIpc) is 3.10. The zero-order valence-electron chi connectivity index (χ0n) is 15.3. The van der Waals surface area contributed by atoms with Gasteiger partial charge < -0.3 is 9.80 Å². The Kier molecular flexibility index (Phi) is 5.57. The Balaban J connectivity index is 1.91. The molecule has 0 spiro atoms. The Labute approximate surface area is 158 Å². The van der Waals surface area contributed by atoms with E-state index in [0.717, 1.165) is 12.0 Å². The number of hydrogen-bond donors (Lipinski definition) is 0. The van der Waals surface area contributed by atoms with Gasteiger partial charge in [-0.25, -0.2) is 0 Å². The highest BCUT2D eigenvalue weighted by Gasteiger charge is 2.33. The Morgan fingerprint density at radius 3 is 2.69 bits per heavy atom. The molecule has 0 radical (unpaired) electrons. The number of aryl methyl sites for hydroxylation is 1. The molecule has 1 aromatic heterocycles. The van der Waals surface area contributed by atoms with Gasteiger partial charge in [-0.3, -0.25) is 9.59 Å². The van der Waals surface area contributed by atoms with E-state index in [2.05, 4.69) is 49.2 Å². The van der Waals surface area contributed by atoms with Crippen molar-refractivity contribution in [1.29, 1.82) is 0 Å². The average molecular weight is 369 g/mol. The number of benzene rings is 1. The van der Waals surface area contributed by atoms with Gasteiger partial charge in [-0.15, -0.1) is 17.9 Å². The van der Waals surface area contributed by atoms with E-state index in [1.165, 1.54) is 27.8 Å². The molecule has 0 saturated heterocycles. The molecule has 1 atom stereocenters. The summed E-state index contributed by atoms with van der Waals surface area (Å²) in [5.74, 6) is -0.136. The molecule has 0 bridgehead atoms. The molecule has 2 aromatic rings. The van der Waals surface area contributed by atoms with Crippen LogP contribution in [0.25, 0.3) is 0 Å². The third kappa shape index (κ3) is 3.73. The molecule has 0 aliphatic carbocycles. The van der Waals surface area contributed by atoms with Crippen LogP contribution in [0.2, 0.25) is 0 Å². The van der Waals surface area contributed by atoms with Crippen molar-refractivity contribution in [1.82, 2.24) is 9.80 Å². The number of thiophene rings is 1. The van der Waals surface area contributed by atoms with Crippen LogP contribution < -0.4 is 0 Å². The maximum Gasteiger partial charge on any atom is 0.243 e. The minimum absolute atomic E-state index is 0.0236. The largest absolute Gasteiger partial charge is 0.330 e. The van der Waals surface area contributed by atoms with Crippen LogP contribution >= 0.6 is 11.3 Å². The zero-order valence-corrected chi connectivity index (χ0v) is 16.1. The van der Waals surface area contributed by atoms with Crippen LogP contribution in [0.4, 0.5) is 0 Å². The Morgan fingerprint density at radius 1 is 1.31 bits per heavy atom. The second-order valence-electron chi connectivity index (χ2n) is 6.64. The molecule has 1 aliphatic heterocycles. The summed E-state index contributed by atoms with van der Waals surface area (Å²) in [7, 11) is 0. The Hall–Kier alpha value is -2.40. The van der Waals surface area contributed by atoms with Crippen molar-refractivity contribution in [2.75, 3.05) is 19.6 Å². The van der Waals surface area contributed by atoms with E-state index >= 15 is 0 Å². The molecule has 0 saturated carbocycles. The molecule has 1 aliphatic rings. The first-order valence-electron chi connectivity index (χ1n) is 8.80. The van der Waals surface area contributed by atoms with Gasteiger partial charge in [0.15, 0.2) is 0 Å². The van der Waals surface area contributed by atoms with Gasteiger partial charge in [0.05, 0.1) is 6.04 Å². The quantitative estimate of drug-likeness (QED) is 0.757. The predicted octanol–water partition coefficient (Wildman–Crippen LogP) is 3.57. The van der Waals surface area contributed by atoms with E-state index in [1.54, 1.807) is 17.4 Å². The van der Waals surface area contributed by atoms with Gasteiger partial charge in [-0.1, -0.05) is 35.9 Å². The van der Waals surface area contributed by atoms with Crippen LogP contribution in [0.5, 0.6) is 0 Å². The lowest BCUT2D eigenvalue weighted by molar-refractivity contribution is -0.140. The first-order valence-corrected chi connectivity index (χ1v) is 9.68. The molecule has 0 N–H and O–H groups in total. The standard InChI is InChI=1S/C21H24N2O2S/c1-4-11-22(16(3)24)14-20(25)23-12-9-19-18(10-13-26-19)21(23)17-7-5-15(2)6-8-17/h4-8,10,13,21H,1,9,11-12,14H2,2-3H3. The lowest BCUT2D eigenvalue weighted by Gasteiger charge is -2.37. The van der Waals surface area contributed by atoms with Crippen molar-refractivity contribution < 1.29 is 9.59 Å². The van der Waals surface area contributed by atoms with Gasteiger partial charge in [0, 0.05) is 24.9 Å². The topological polar surface area (TPSA) is 40.6 Å². The molecule has 3 rings (SSSR count). The lowest BCUT2D eigenvalue weighted by atomic mass is 9.92. The van der Waals surface area contributed by atoms with Crippen LogP contribution in [0.3, 0.4) is 0 Å². The molecule has 1 aromatic carbocycles. The number of rotatable bonds is 5. The van der Waals surface area contributed by atoms with Gasteiger partial charge in [-0.2, -0.15) is 0 Å². The SMILES string of the molecule is C=CCN(CC(=O)N1CCc2sccc2C1c1ccc(C)cc1)C(C)=O. The van der Waals surface area contributed by atoms with Crippen molar-refractivity contribution in [3.63, 3.8) is 0 Å². The van der Waals surface area contributed by atoms with E-state index in [4.69, 9.17) is 0 Å². The van der Waals surface area contributed by atoms with Crippen LogP contribution in [0.1, 0.15) is 34.5 Å². The molecule has 1 unspecified atom stereocenters. The van der Waals surface area contributed by atoms with E-state index in [9.17, 15) is 9.59 Å². The molecule has 2 heterocycles. The summed E-state index contributed by atoms with van der Waals surface area (Å²) < 4.78 is 0. The maximum atomic E-state index is 13.1. The van der Waals surface area contributed by atoms with Crippen molar-refractivity contribution in [2.24, 2.45) is 0 Å². The number of amides is 2. The zero-order chi connectivity index (χ0) is 18.7. The van der Waals surface area contributed by atoms with Crippen molar-refractivity contribution in [3.05, 3.63) is 69.9 Å². The molecule has 4 nitrogen and oxygen atoms in total. The normalized spacial score (nSPS) is 16.1. The summed E-state index contributed by atoms with van der Waals surface area (Å²) in [6.07, 6.45) is 2.52. The number of carbonyl (C=O) groups excluding carboxylic acids is 2. The highest BCUT2D eigenvalue weighted by atomic mass is 32.1. The summed E-state index contributed by atoms with van der Waals surface area (Å²) >= 11 is 1.75. The molecule has 0 fully saturated rings. The molecular formula is C21H24N2O2S. The number of carbonyl (C=O) groups is 2. The minimum Gasteiger partial charge on any atom is -0.330 e. The molecule has 26 heavy (non-hydrogen) atoms. The van der Waals surface area contributed by atoms with E-state index in [-0.39, 0.29) is 24.4 Å².